The lowest BCUT2D eigenvalue weighted by atomic mass is 10.2. The Labute approximate surface area is 90.6 Å². The standard InChI is InChI=1S/C11H18N2O2/c1-13(7-6-12)10-8-9(14-2)4-5-11(10)15-3/h4-5,8H,6-7,12H2,1-3H3. The van der Waals surface area contributed by atoms with E-state index < -0.39 is 0 Å². The second-order valence-electron chi connectivity index (χ2n) is 3.25. The molecule has 0 saturated heterocycles. The number of benzene rings is 1. The summed E-state index contributed by atoms with van der Waals surface area (Å²) in [5, 5.41) is 0. The predicted molar refractivity (Wildman–Crippen MR) is 61.9 cm³/mol. The highest BCUT2D eigenvalue weighted by Crippen LogP contribution is 2.31. The van der Waals surface area contributed by atoms with Gasteiger partial charge >= 0.3 is 0 Å². The van der Waals surface area contributed by atoms with Crippen molar-refractivity contribution >= 4 is 5.69 Å². The van der Waals surface area contributed by atoms with Crippen LogP contribution in [0.15, 0.2) is 18.2 Å². The highest BCUT2D eigenvalue weighted by Gasteiger charge is 2.08. The highest BCUT2D eigenvalue weighted by atomic mass is 16.5. The molecular weight excluding hydrogens is 192 g/mol. The molecule has 0 aromatic heterocycles. The van der Waals surface area contributed by atoms with Gasteiger partial charge in [0, 0.05) is 26.2 Å². The zero-order valence-corrected chi connectivity index (χ0v) is 9.49. The Morgan fingerprint density at radius 3 is 2.53 bits per heavy atom. The summed E-state index contributed by atoms with van der Waals surface area (Å²) in [7, 11) is 5.28. The zero-order valence-electron chi connectivity index (χ0n) is 9.49. The molecule has 0 heterocycles. The molecule has 2 N–H and O–H groups in total. The Hall–Kier alpha value is -1.42. The van der Waals surface area contributed by atoms with E-state index >= 15 is 0 Å². The number of hydrogen-bond donors (Lipinski definition) is 1. The molecule has 0 amide bonds. The Morgan fingerprint density at radius 1 is 1.27 bits per heavy atom. The van der Waals surface area contributed by atoms with Crippen LogP contribution in [0.25, 0.3) is 0 Å². The van der Waals surface area contributed by atoms with Crippen molar-refractivity contribution < 1.29 is 9.47 Å². The van der Waals surface area contributed by atoms with Crippen LogP contribution < -0.4 is 20.1 Å². The van der Waals surface area contributed by atoms with E-state index in [1.165, 1.54) is 0 Å². The molecule has 0 fully saturated rings. The summed E-state index contributed by atoms with van der Waals surface area (Å²) in [6.45, 7) is 1.39. The summed E-state index contributed by atoms with van der Waals surface area (Å²) in [4.78, 5) is 2.04. The number of ether oxygens (including phenoxy) is 2. The van der Waals surface area contributed by atoms with Crippen molar-refractivity contribution in [2.75, 3.05) is 39.3 Å². The average Bonchev–Trinajstić information content (AvgIpc) is 2.28. The van der Waals surface area contributed by atoms with Gasteiger partial charge in [-0.1, -0.05) is 0 Å². The van der Waals surface area contributed by atoms with Crippen molar-refractivity contribution in [3.8, 4) is 11.5 Å². The van der Waals surface area contributed by atoms with Crippen LogP contribution in [0, 0.1) is 0 Å². The van der Waals surface area contributed by atoms with E-state index in [9.17, 15) is 0 Å². The number of rotatable bonds is 5. The van der Waals surface area contributed by atoms with Gasteiger partial charge in [0.2, 0.25) is 0 Å². The van der Waals surface area contributed by atoms with Gasteiger partial charge in [-0.3, -0.25) is 0 Å². The number of nitrogens with zero attached hydrogens (tertiary/aromatic N) is 1. The maximum absolute atomic E-state index is 5.52. The van der Waals surface area contributed by atoms with Gasteiger partial charge in [0.25, 0.3) is 0 Å². The molecule has 0 bridgehead atoms. The van der Waals surface area contributed by atoms with Gasteiger partial charge in [0.15, 0.2) is 0 Å². The topological polar surface area (TPSA) is 47.7 Å². The minimum absolute atomic E-state index is 0.608. The summed E-state index contributed by atoms with van der Waals surface area (Å²) in [6.07, 6.45) is 0. The van der Waals surface area contributed by atoms with E-state index in [2.05, 4.69) is 0 Å². The average molecular weight is 210 g/mol. The van der Waals surface area contributed by atoms with Gasteiger partial charge in [0.05, 0.1) is 19.9 Å². The van der Waals surface area contributed by atoms with E-state index in [1.54, 1.807) is 14.2 Å². The van der Waals surface area contributed by atoms with E-state index in [-0.39, 0.29) is 0 Å². The fourth-order valence-electron chi connectivity index (χ4n) is 1.41. The van der Waals surface area contributed by atoms with Crippen molar-refractivity contribution in [3.63, 3.8) is 0 Å². The quantitative estimate of drug-likeness (QED) is 0.790. The minimum atomic E-state index is 0.608. The lowest BCUT2D eigenvalue weighted by Crippen LogP contribution is -2.25. The molecular formula is C11H18N2O2. The number of methoxy groups -OCH3 is 2. The minimum Gasteiger partial charge on any atom is -0.497 e. The van der Waals surface area contributed by atoms with Crippen LogP contribution in [0.2, 0.25) is 0 Å². The summed E-state index contributed by atoms with van der Waals surface area (Å²) < 4.78 is 10.4. The molecule has 0 radical (unpaired) electrons. The SMILES string of the molecule is COc1ccc(OC)c(N(C)CCN)c1. The first-order valence-corrected chi connectivity index (χ1v) is 4.86. The van der Waals surface area contributed by atoms with Crippen LogP contribution in [0.3, 0.4) is 0 Å². The Bertz CT molecular complexity index is 315. The van der Waals surface area contributed by atoms with Crippen molar-refractivity contribution in [2.24, 2.45) is 5.73 Å². The molecule has 0 aliphatic rings. The highest BCUT2D eigenvalue weighted by molar-refractivity contribution is 5.61. The Morgan fingerprint density at radius 2 is 2.00 bits per heavy atom. The fraction of sp³-hybridized carbons (Fsp3) is 0.455. The third kappa shape index (κ3) is 2.76. The van der Waals surface area contributed by atoms with Gasteiger partial charge in [-0.25, -0.2) is 0 Å². The van der Waals surface area contributed by atoms with Gasteiger partial charge in [-0.15, -0.1) is 0 Å². The molecule has 4 heteroatoms. The third-order valence-electron chi connectivity index (χ3n) is 2.26. The van der Waals surface area contributed by atoms with Crippen LogP contribution in [0.4, 0.5) is 5.69 Å². The van der Waals surface area contributed by atoms with Gasteiger partial charge < -0.3 is 20.1 Å². The zero-order chi connectivity index (χ0) is 11.3. The molecule has 0 saturated carbocycles. The largest absolute Gasteiger partial charge is 0.497 e. The number of likely N-dealkylation sites (N-methyl/N-ethyl adjacent to an activating group) is 1. The molecule has 0 atom stereocenters. The monoisotopic (exact) mass is 210 g/mol. The molecule has 0 aliphatic carbocycles. The lowest BCUT2D eigenvalue weighted by molar-refractivity contribution is 0.403. The summed E-state index contributed by atoms with van der Waals surface area (Å²) in [6, 6.07) is 5.70. The maximum Gasteiger partial charge on any atom is 0.142 e. The summed E-state index contributed by atoms with van der Waals surface area (Å²) in [5.41, 5.74) is 6.50. The van der Waals surface area contributed by atoms with E-state index in [1.807, 2.05) is 30.1 Å². The van der Waals surface area contributed by atoms with E-state index in [0.717, 1.165) is 23.7 Å². The van der Waals surface area contributed by atoms with Crippen LogP contribution in [0.1, 0.15) is 0 Å². The molecule has 1 aromatic rings. The van der Waals surface area contributed by atoms with Crippen LogP contribution in [0.5, 0.6) is 11.5 Å². The van der Waals surface area contributed by atoms with Crippen molar-refractivity contribution in [1.82, 2.24) is 0 Å². The first kappa shape index (κ1) is 11.7. The normalized spacial score (nSPS) is 9.87. The summed E-state index contributed by atoms with van der Waals surface area (Å²) in [5.74, 6) is 1.64. The lowest BCUT2D eigenvalue weighted by Gasteiger charge is -2.21. The molecule has 0 spiro atoms. The number of anilines is 1. The first-order chi connectivity index (χ1) is 7.22. The van der Waals surface area contributed by atoms with Crippen LogP contribution >= 0.6 is 0 Å². The number of nitrogens with two attached hydrogens (primary N) is 1. The molecule has 1 aromatic carbocycles. The van der Waals surface area contributed by atoms with Crippen LogP contribution in [-0.4, -0.2) is 34.4 Å². The van der Waals surface area contributed by atoms with Crippen molar-refractivity contribution in [3.05, 3.63) is 18.2 Å². The predicted octanol–water partition coefficient (Wildman–Crippen LogP) is 1.10. The molecule has 0 unspecified atom stereocenters. The number of hydrogen-bond acceptors (Lipinski definition) is 4. The third-order valence-corrected chi connectivity index (χ3v) is 2.26. The Kier molecular flexibility index (Phi) is 4.24. The molecule has 84 valence electrons. The molecule has 1 rings (SSSR count). The fourth-order valence-corrected chi connectivity index (χ4v) is 1.41. The molecule has 4 nitrogen and oxygen atoms in total. The van der Waals surface area contributed by atoms with Gasteiger partial charge in [0.1, 0.15) is 11.5 Å². The van der Waals surface area contributed by atoms with E-state index in [0.29, 0.717) is 6.54 Å². The van der Waals surface area contributed by atoms with Gasteiger partial charge in [-0.05, 0) is 12.1 Å². The van der Waals surface area contributed by atoms with Crippen molar-refractivity contribution in [1.29, 1.82) is 0 Å². The summed E-state index contributed by atoms with van der Waals surface area (Å²) >= 11 is 0. The molecule has 0 aliphatic heterocycles. The van der Waals surface area contributed by atoms with E-state index in [4.69, 9.17) is 15.2 Å². The van der Waals surface area contributed by atoms with Crippen LogP contribution in [-0.2, 0) is 0 Å². The Balaban J connectivity index is 3.00. The molecule has 15 heavy (non-hydrogen) atoms. The smallest absolute Gasteiger partial charge is 0.142 e. The second kappa shape index (κ2) is 5.46. The van der Waals surface area contributed by atoms with Crippen molar-refractivity contribution in [2.45, 2.75) is 0 Å². The maximum atomic E-state index is 5.52. The second-order valence-corrected chi connectivity index (χ2v) is 3.25. The first-order valence-electron chi connectivity index (χ1n) is 4.86. The van der Waals surface area contributed by atoms with Gasteiger partial charge in [-0.2, -0.15) is 0 Å².